The summed E-state index contributed by atoms with van der Waals surface area (Å²) >= 11 is 0. The number of hydrogen-bond acceptors (Lipinski definition) is 9. The maximum atomic E-state index is 13.8. The Balaban J connectivity index is 1.13. The van der Waals surface area contributed by atoms with Crippen LogP contribution in [-0.4, -0.2) is 72.7 Å². The van der Waals surface area contributed by atoms with Crippen LogP contribution in [0.2, 0.25) is 0 Å². The molecule has 1 aliphatic rings. The highest BCUT2D eigenvalue weighted by Crippen LogP contribution is 2.37. The Bertz CT molecular complexity index is 1630. The number of ether oxygens (including phenoxy) is 1. The van der Waals surface area contributed by atoms with E-state index in [2.05, 4.69) is 35.1 Å². The van der Waals surface area contributed by atoms with Gasteiger partial charge in [0.05, 0.1) is 36.3 Å². The fourth-order valence-electron chi connectivity index (χ4n) is 4.83. The van der Waals surface area contributed by atoms with Crippen LogP contribution in [0.25, 0.3) is 10.9 Å². The fraction of sp³-hybridized carbons (Fsp3) is 0.333. The van der Waals surface area contributed by atoms with Crippen molar-refractivity contribution >= 4 is 41.8 Å². The van der Waals surface area contributed by atoms with E-state index in [1.807, 2.05) is 12.1 Å². The van der Waals surface area contributed by atoms with Gasteiger partial charge in [0.15, 0.2) is 11.6 Å². The van der Waals surface area contributed by atoms with Crippen molar-refractivity contribution in [2.75, 3.05) is 36.9 Å². The van der Waals surface area contributed by atoms with Crippen LogP contribution >= 0.6 is 7.82 Å². The Kier molecular flexibility index (Phi) is 9.58. The number of aromatic nitrogens is 4. The van der Waals surface area contributed by atoms with Gasteiger partial charge in [0.1, 0.15) is 24.4 Å². The Morgan fingerprint density at radius 2 is 2.05 bits per heavy atom. The summed E-state index contributed by atoms with van der Waals surface area (Å²) in [5.74, 6) is -1.62. The number of rotatable bonds is 13. The molecule has 0 bridgehead atoms. The number of nitrogens with one attached hydrogen (secondary N) is 2. The first-order chi connectivity index (χ1) is 20.6. The van der Waals surface area contributed by atoms with Gasteiger partial charge in [-0.1, -0.05) is 6.07 Å². The van der Waals surface area contributed by atoms with Crippen LogP contribution in [0.15, 0.2) is 55.1 Å². The van der Waals surface area contributed by atoms with Gasteiger partial charge in [-0.15, -0.1) is 0 Å². The van der Waals surface area contributed by atoms with Crippen LogP contribution in [0.5, 0.6) is 5.75 Å². The number of phosphoric acid groups is 1. The van der Waals surface area contributed by atoms with E-state index in [1.54, 1.807) is 12.3 Å². The second-order valence-corrected chi connectivity index (χ2v) is 11.2. The molecule has 0 unspecified atom stereocenters. The van der Waals surface area contributed by atoms with E-state index in [4.69, 9.17) is 14.5 Å². The number of carbonyl (C=O) groups is 1. The fourth-order valence-corrected chi connectivity index (χ4v) is 5.20. The molecular formula is C27H30F2N7O6P. The Morgan fingerprint density at radius 1 is 1.19 bits per heavy atom. The smallest absolute Gasteiger partial charge is 0.469 e. The zero-order valence-electron chi connectivity index (χ0n) is 22.9. The molecule has 16 heteroatoms. The number of fused-ring (bicyclic) bond motifs is 1. The summed E-state index contributed by atoms with van der Waals surface area (Å²) in [4.78, 5) is 41.0. The van der Waals surface area contributed by atoms with Gasteiger partial charge in [-0.25, -0.2) is 23.3 Å². The number of phosphoric ester groups is 1. The lowest BCUT2D eigenvalue weighted by atomic mass is 10.2. The second-order valence-electron chi connectivity index (χ2n) is 9.92. The van der Waals surface area contributed by atoms with Gasteiger partial charge in [-0.2, -0.15) is 5.10 Å². The molecule has 3 heterocycles. The molecule has 0 saturated carbocycles. The minimum Gasteiger partial charge on any atom is -0.493 e. The summed E-state index contributed by atoms with van der Waals surface area (Å²) in [5.41, 5.74) is 0.947. The lowest BCUT2D eigenvalue weighted by molar-refractivity contribution is -0.116. The monoisotopic (exact) mass is 617 g/mol. The zero-order valence-corrected chi connectivity index (χ0v) is 23.8. The van der Waals surface area contributed by atoms with Crippen molar-refractivity contribution in [3.05, 3.63) is 66.8 Å². The molecule has 4 aromatic rings. The SMILES string of the molecule is O=C(Cn1cc(Nc2ncnc3cc(OCCCN4CCC[C@@H]4COP(=O)(O)O)ccc23)cn1)Nc1cccc(F)c1F. The van der Waals surface area contributed by atoms with E-state index in [0.717, 1.165) is 43.8 Å². The van der Waals surface area contributed by atoms with Gasteiger partial charge in [0.2, 0.25) is 5.91 Å². The standard InChI is InChI=1S/C27H30F2N7O6P/c28-22-5-1-6-23(26(22)29)34-25(37)15-36-14-18(13-32-36)33-27-21-8-7-20(12-24(21)30-17-31-27)41-11-3-10-35-9-2-4-19(35)16-42-43(38,39)40/h1,5-8,12-14,17,19H,2-4,9-11,15-16H2,(H,34,37)(H,30,31,33)(H2,38,39,40)/t19-/m1/s1. The van der Waals surface area contributed by atoms with E-state index >= 15 is 0 Å². The maximum absolute atomic E-state index is 13.8. The predicted octanol–water partition coefficient (Wildman–Crippen LogP) is 3.83. The van der Waals surface area contributed by atoms with Gasteiger partial charge < -0.3 is 25.2 Å². The molecule has 0 aliphatic carbocycles. The summed E-state index contributed by atoms with van der Waals surface area (Å²) in [5, 5.41) is 10.4. The van der Waals surface area contributed by atoms with Gasteiger partial charge in [0, 0.05) is 30.2 Å². The molecule has 13 nitrogen and oxygen atoms in total. The first kappa shape index (κ1) is 30.4. The Hall–Kier alpha value is -4.01. The summed E-state index contributed by atoms with van der Waals surface area (Å²) in [6.07, 6.45) is 6.99. The van der Waals surface area contributed by atoms with Crippen molar-refractivity contribution in [1.82, 2.24) is 24.6 Å². The van der Waals surface area contributed by atoms with Gasteiger partial charge in [-0.3, -0.25) is 18.9 Å². The van der Waals surface area contributed by atoms with E-state index in [0.29, 0.717) is 29.4 Å². The first-order valence-electron chi connectivity index (χ1n) is 13.5. The number of amides is 1. The molecule has 1 fully saturated rings. The molecule has 5 rings (SSSR count). The number of hydrogen-bond donors (Lipinski definition) is 4. The predicted molar refractivity (Wildman–Crippen MR) is 153 cm³/mol. The number of carbonyl (C=O) groups excluding carboxylic acids is 1. The van der Waals surface area contributed by atoms with Crippen LogP contribution in [0.1, 0.15) is 19.3 Å². The van der Waals surface area contributed by atoms with Crippen molar-refractivity contribution in [2.24, 2.45) is 0 Å². The number of halogens is 2. The topological polar surface area (TPSA) is 164 Å². The largest absolute Gasteiger partial charge is 0.493 e. The highest BCUT2D eigenvalue weighted by molar-refractivity contribution is 7.46. The molecule has 1 saturated heterocycles. The minimum atomic E-state index is -4.48. The van der Waals surface area contributed by atoms with Crippen molar-refractivity contribution in [3.63, 3.8) is 0 Å². The third-order valence-electron chi connectivity index (χ3n) is 6.83. The first-order valence-corrected chi connectivity index (χ1v) is 15.0. The molecule has 228 valence electrons. The van der Waals surface area contributed by atoms with Gasteiger partial charge in [-0.05, 0) is 50.1 Å². The normalized spacial score (nSPS) is 15.6. The van der Waals surface area contributed by atoms with E-state index in [1.165, 1.54) is 29.3 Å². The molecule has 1 amide bonds. The number of anilines is 3. The molecule has 0 radical (unpaired) electrons. The maximum Gasteiger partial charge on any atom is 0.469 e. The van der Waals surface area contributed by atoms with Gasteiger partial charge >= 0.3 is 7.82 Å². The van der Waals surface area contributed by atoms with Crippen molar-refractivity contribution in [1.29, 1.82) is 0 Å². The van der Waals surface area contributed by atoms with E-state index < -0.39 is 25.4 Å². The Morgan fingerprint density at radius 3 is 2.88 bits per heavy atom. The van der Waals surface area contributed by atoms with Crippen LogP contribution in [-0.2, 0) is 20.4 Å². The Labute approximate surface area is 245 Å². The minimum absolute atomic E-state index is 0.000203. The number of nitrogens with zero attached hydrogens (tertiary/aromatic N) is 5. The number of benzene rings is 2. The van der Waals surface area contributed by atoms with Crippen LogP contribution in [0, 0.1) is 11.6 Å². The third kappa shape index (κ3) is 8.30. The van der Waals surface area contributed by atoms with Crippen molar-refractivity contribution in [2.45, 2.75) is 31.8 Å². The average Bonchev–Trinajstić information content (AvgIpc) is 3.61. The van der Waals surface area contributed by atoms with Crippen molar-refractivity contribution in [3.8, 4) is 5.75 Å². The summed E-state index contributed by atoms with van der Waals surface area (Å²) < 4.78 is 50.2. The molecule has 1 aliphatic heterocycles. The van der Waals surface area contributed by atoms with E-state index in [-0.39, 0.29) is 24.9 Å². The van der Waals surface area contributed by atoms with E-state index in [9.17, 15) is 18.1 Å². The lowest BCUT2D eigenvalue weighted by Crippen LogP contribution is -2.34. The molecule has 1 atom stereocenters. The summed E-state index contributed by atoms with van der Waals surface area (Å²) in [7, 11) is -4.48. The van der Waals surface area contributed by atoms with Crippen LogP contribution < -0.4 is 15.4 Å². The highest BCUT2D eigenvalue weighted by Gasteiger charge is 2.27. The lowest BCUT2D eigenvalue weighted by Gasteiger charge is -2.24. The summed E-state index contributed by atoms with van der Waals surface area (Å²) in [6.45, 7) is 1.79. The molecule has 0 spiro atoms. The number of likely N-dealkylation sites (tertiary alicyclic amines) is 1. The van der Waals surface area contributed by atoms with Crippen LogP contribution in [0.4, 0.5) is 26.0 Å². The molecule has 2 aromatic heterocycles. The quantitative estimate of drug-likeness (QED) is 0.127. The molecule has 4 N–H and O–H groups in total. The average molecular weight is 618 g/mol. The molecular weight excluding hydrogens is 587 g/mol. The second kappa shape index (κ2) is 13.5. The van der Waals surface area contributed by atoms with Crippen LogP contribution in [0.3, 0.4) is 0 Å². The van der Waals surface area contributed by atoms with Gasteiger partial charge in [0.25, 0.3) is 0 Å². The highest BCUT2D eigenvalue weighted by atomic mass is 31.2. The molecule has 2 aromatic carbocycles. The third-order valence-corrected chi connectivity index (χ3v) is 7.31. The zero-order chi connectivity index (χ0) is 30.4. The van der Waals surface area contributed by atoms with Crippen molar-refractivity contribution < 1.29 is 37.2 Å². The molecule has 43 heavy (non-hydrogen) atoms. The summed E-state index contributed by atoms with van der Waals surface area (Å²) in [6, 6.07) is 8.94.